The minimum Gasteiger partial charge on any atom is -0.393 e. The van der Waals surface area contributed by atoms with E-state index in [1.807, 2.05) is 24.5 Å². The summed E-state index contributed by atoms with van der Waals surface area (Å²) < 4.78 is 0. The molecule has 5 rings (SSSR count). The maximum Gasteiger partial charge on any atom is 0.146 e. The molecule has 0 aliphatic heterocycles. The van der Waals surface area contributed by atoms with E-state index in [1.54, 1.807) is 11.8 Å². The normalized spacial score (nSPS) is 45.3. The third kappa shape index (κ3) is 3.37. The van der Waals surface area contributed by atoms with Gasteiger partial charge in [-0.15, -0.1) is 11.8 Å². The van der Waals surface area contributed by atoms with E-state index in [-0.39, 0.29) is 17.4 Å². The van der Waals surface area contributed by atoms with Gasteiger partial charge < -0.3 is 5.11 Å². The third-order valence-electron chi connectivity index (χ3n) is 10.1. The average molecular weight is 428 g/mol. The zero-order valence-corrected chi connectivity index (χ0v) is 19.4. The maximum absolute atomic E-state index is 13.3. The van der Waals surface area contributed by atoms with Crippen molar-refractivity contribution in [2.75, 3.05) is 5.75 Å². The number of carbonyl (C=O) groups excluding carboxylic acids is 1. The van der Waals surface area contributed by atoms with Crippen molar-refractivity contribution in [1.29, 1.82) is 0 Å². The van der Waals surface area contributed by atoms with E-state index < -0.39 is 0 Å². The molecule has 0 spiro atoms. The monoisotopic (exact) mass is 427 g/mol. The van der Waals surface area contributed by atoms with E-state index in [0.29, 0.717) is 22.9 Å². The van der Waals surface area contributed by atoms with Gasteiger partial charge in [-0.3, -0.25) is 9.78 Å². The Kier molecular flexibility index (Phi) is 5.54. The van der Waals surface area contributed by atoms with Crippen molar-refractivity contribution in [3.05, 3.63) is 24.5 Å². The van der Waals surface area contributed by atoms with Gasteiger partial charge in [0.2, 0.25) is 0 Å². The quantitative estimate of drug-likeness (QED) is 0.620. The SMILES string of the molecule is C[C@]12CCC(O)C[C@@H]1CC[C@@H]1[C@@H]2CC[C@]2(C)[C@@H](C(=O)CSc3ccncc3)CC[C@@H]12. The Morgan fingerprint density at radius 1 is 1.03 bits per heavy atom. The Bertz CT molecular complexity index is 784. The van der Waals surface area contributed by atoms with Gasteiger partial charge in [0, 0.05) is 23.2 Å². The summed E-state index contributed by atoms with van der Waals surface area (Å²) in [5.41, 5.74) is 0.622. The number of aliphatic hydroxyl groups is 1. The van der Waals surface area contributed by atoms with Crippen LogP contribution in [0.1, 0.15) is 71.6 Å². The molecule has 0 aromatic carbocycles. The summed E-state index contributed by atoms with van der Waals surface area (Å²) in [7, 11) is 0. The molecule has 1 heterocycles. The summed E-state index contributed by atoms with van der Waals surface area (Å²) in [5.74, 6) is 4.36. The Morgan fingerprint density at radius 2 is 1.77 bits per heavy atom. The molecular formula is C26H37NO2S. The Hall–Kier alpha value is -0.870. The van der Waals surface area contributed by atoms with E-state index in [9.17, 15) is 9.90 Å². The molecule has 30 heavy (non-hydrogen) atoms. The lowest BCUT2D eigenvalue weighted by Crippen LogP contribution is -2.54. The van der Waals surface area contributed by atoms with Crippen LogP contribution >= 0.6 is 11.8 Å². The van der Waals surface area contributed by atoms with Gasteiger partial charge in [0.15, 0.2) is 0 Å². The molecule has 0 bridgehead atoms. The number of hydrogen-bond donors (Lipinski definition) is 1. The second-order valence-corrected chi connectivity index (χ2v) is 12.2. The second kappa shape index (κ2) is 7.92. The first kappa shape index (κ1) is 21.0. The van der Waals surface area contributed by atoms with Crippen LogP contribution in [0.15, 0.2) is 29.4 Å². The fourth-order valence-electron chi connectivity index (χ4n) is 8.45. The predicted octanol–water partition coefficient (Wildman–Crippen LogP) is 5.76. The highest BCUT2D eigenvalue weighted by Crippen LogP contribution is 2.67. The number of aliphatic hydroxyl groups excluding tert-OH is 1. The van der Waals surface area contributed by atoms with Crippen molar-refractivity contribution >= 4 is 17.5 Å². The van der Waals surface area contributed by atoms with Crippen molar-refractivity contribution in [3.63, 3.8) is 0 Å². The van der Waals surface area contributed by atoms with Gasteiger partial charge in [-0.25, -0.2) is 0 Å². The van der Waals surface area contributed by atoms with Crippen LogP contribution < -0.4 is 0 Å². The number of aromatic nitrogens is 1. The molecule has 4 aliphatic rings. The third-order valence-corrected chi connectivity index (χ3v) is 11.1. The molecule has 1 aromatic rings. The molecule has 4 heteroatoms. The van der Waals surface area contributed by atoms with Crippen molar-refractivity contribution in [2.24, 2.45) is 40.4 Å². The van der Waals surface area contributed by atoms with Crippen molar-refractivity contribution in [1.82, 2.24) is 4.98 Å². The lowest BCUT2D eigenvalue weighted by molar-refractivity contribution is -0.138. The molecule has 8 atom stereocenters. The number of hydrogen-bond acceptors (Lipinski definition) is 4. The van der Waals surface area contributed by atoms with Gasteiger partial charge in [-0.1, -0.05) is 13.8 Å². The lowest BCUT2D eigenvalue weighted by atomic mass is 9.44. The summed E-state index contributed by atoms with van der Waals surface area (Å²) >= 11 is 1.68. The van der Waals surface area contributed by atoms with Crippen LogP contribution in [0, 0.1) is 40.4 Å². The number of thioether (sulfide) groups is 1. The number of Topliss-reactive ketones (excluding diaryl/α,β-unsaturated/α-hetero) is 1. The molecule has 4 saturated carbocycles. The molecule has 0 amide bonds. The van der Waals surface area contributed by atoms with Crippen molar-refractivity contribution in [3.8, 4) is 0 Å². The molecule has 4 fully saturated rings. The average Bonchev–Trinajstić information content (AvgIpc) is 3.10. The number of ketones is 1. The van der Waals surface area contributed by atoms with Gasteiger partial charge >= 0.3 is 0 Å². The molecule has 0 radical (unpaired) electrons. The van der Waals surface area contributed by atoms with Crippen LogP contribution in [0.25, 0.3) is 0 Å². The van der Waals surface area contributed by atoms with E-state index >= 15 is 0 Å². The van der Waals surface area contributed by atoms with Crippen LogP contribution in [-0.4, -0.2) is 27.7 Å². The van der Waals surface area contributed by atoms with Crippen LogP contribution in [-0.2, 0) is 4.79 Å². The van der Waals surface area contributed by atoms with Gasteiger partial charge in [-0.2, -0.15) is 0 Å². The van der Waals surface area contributed by atoms with E-state index in [0.717, 1.165) is 41.9 Å². The highest BCUT2D eigenvalue weighted by Gasteiger charge is 2.60. The first-order valence-corrected chi connectivity index (χ1v) is 13.1. The number of fused-ring (bicyclic) bond motifs is 5. The first-order valence-electron chi connectivity index (χ1n) is 12.2. The van der Waals surface area contributed by atoms with E-state index in [4.69, 9.17) is 0 Å². The van der Waals surface area contributed by atoms with Gasteiger partial charge in [0.05, 0.1) is 11.9 Å². The highest BCUT2D eigenvalue weighted by atomic mass is 32.2. The topological polar surface area (TPSA) is 50.2 Å². The summed E-state index contributed by atoms with van der Waals surface area (Å²) in [5, 5.41) is 10.2. The highest BCUT2D eigenvalue weighted by molar-refractivity contribution is 8.00. The van der Waals surface area contributed by atoms with E-state index in [1.165, 1.54) is 38.5 Å². The van der Waals surface area contributed by atoms with Crippen LogP contribution in [0.2, 0.25) is 0 Å². The van der Waals surface area contributed by atoms with Crippen LogP contribution in [0.5, 0.6) is 0 Å². The number of nitrogens with zero attached hydrogens (tertiary/aromatic N) is 1. The molecule has 3 nitrogen and oxygen atoms in total. The summed E-state index contributed by atoms with van der Waals surface area (Å²) in [6.07, 6.45) is 14.2. The molecule has 1 N–H and O–H groups in total. The van der Waals surface area contributed by atoms with Gasteiger partial charge in [0.25, 0.3) is 0 Å². The fraction of sp³-hybridized carbons (Fsp3) is 0.769. The zero-order valence-electron chi connectivity index (χ0n) is 18.6. The Morgan fingerprint density at radius 3 is 2.57 bits per heavy atom. The van der Waals surface area contributed by atoms with Gasteiger partial charge in [-0.05, 0) is 104 Å². The minimum absolute atomic E-state index is 0.0696. The Labute approximate surface area is 185 Å². The molecule has 4 aliphatic carbocycles. The molecule has 1 aromatic heterocycles. The summed E-state index contributed by atoms with van der Waals surface area (Å²) in [6, 6.07) is 4.01. The molecule has 0 saturated heterocycles. The van der Waals surface area contributed by atoms with Crippen LogP contribution in [0.3, 0.4) is 0 Å². The van der Waals surface area contributed by atoms with Crippen LogP contribution in [0.4, 0.5) is 0 Å². The number of pyridine rings is 1. The second-order valence-electron chi connectivity index (χ2n) is 11.2. The maximum atomic E-state index is 13.3. The largest absolute Gasteiger partial charge is 0.393 e. The fourth-order valence-corrected chi connectivity index (χ4v) is 9.28. The Balaban J connectivity index is 1.30. The smallest absolute Gasteiger partial charge is 0.146 e. The van der Waals surface area contributed by atoms with Crippen molar-refractivity contribution in [2.45, 2.75) is 82.6 Å². The lowest BCUT2D eigenvalue weighted by Gasteiger charge is -2.60. The molecular weight excluding hydrogens is 390 g/mol. The number of carbonyl (C=O) groups is 1. The van der Waals surface area contributed by atoms with Crippen molar-refractivity contribution < 1.29 is 9.90 Å². The van der Waals surface area contributed by atoms with E-state index in [2.05, 4.69) is 18.8 Å². The number of rotatable bonds is 4. The zero-order chi connectivity index (χ0) is 20.9. The molecule has 164 valence electrons. The summed E-state index contributed by atoms with van der Waals surface area (Å²) in [4.78, 5) is 18.5. The minimum atomic E-state index is -0.0696. The standard InChI is InChI=1S/C26H37NO2S/c1-25-11-7-18(28)15-17(25)3-4-20-21-5-6-23(26(21,2)12-8-22(20)25)24(29)16-30-19-9-13-27-14-10-19/h9-10,13-14,17-18,20-23,28H,3-8,11-12,15-16H2,1-2H3/t17-,18?,20-,21-,22-,23+,25-,26-/m0/s1. The molecule has 1 unspecified atom stereocenters. The first-order chi connectivity index (χ1) is 14.4. The summed E-state index contributed by atoms with van der Waals surface area (Å²) in [6.45, 7) is 5.01. The van der Waals surface area contributed by atoms with Gasteiger partial charge in [0.1, 0.15) is 5.78 Å². The predicted molar refractivity (Wildman–Crippen MR) is 121 cm³/mol.